The maximum Gasteiger partial charge on any atom is 0.221 e. The number of nitrogens with one attached hydrogen (secondary N) is 2. The minimum Gasteiger partial charge on any atom is -0.364 e. The van der Waals surface area contributed by atoms with Crippen molar-refractivity contribution in [2.45, 2.75) is 20.0 Å². The van der Waals surface area contributed by atoms with Gasteiger partial charge in [0, 0.05) is 31.8 Å². The first-order chi connectivity index (χ1) is 8.75. The topological polar surface area (TPSA) is 67.2 Å². The lowest BCUT2D eigenvalue weighted by atomic mass is 10.1. The van der Waals surface area contributed by atoms with Crippen LogP contribution in [-0.4, -0.2) is 11.1 Å². The van der Waals surface area contributed by atoms with Gasteiger partial charge in [0.15, 0.2) is 0 Å². The summed E-state index contributed by atoms with van der Waals surface area (Å²) in [4.78, 5) is 11.1. The van der Waals surface area contributed by atoms with Gasteiger partial charge in [-0.2, -0.15) is 0 Å². The van der Waals surface area contributed by atoms with E-state index in [2.05, 4.69) is 15.8 Å². The molecule has 1 heterocycles. The number of benzene rings is 1. The molecule has 0 fully saturated rings. The zero-order valence-electron chi connectivity index (χ0n) is 10.1. The van der Waals surface area contributed by atoms with Crippen LogP contribution in [0.4, 0.5) is 5.69 Å². The monoisotopic (exact) mass is 245 g/mol. The molecule has 1 amide bonds. The van der Waals surface area contributed by atoms with Gasteiger partial charge in [-0.1, -0.05) is 23.4 Å². The van der Waals surface area contributed by atoms with Gasteiger partial charge >= 0.3 is 0 Å². The molecule has 0 saturated carbocycles. The molecular weight excluding hydrogens is 230 g/mol. The van der Waals surface area contributed by atoms with Crippen molar-refractivity contribution < 1.29 is 9.32 Å². The second-order valence-corrected chi connectivity index (χ2v) is 3.93. The van der Waals surface area contributed by atoms with Crippen molar-refractivity contribution in [3.63, 3.8) is 0 Å². The van der Waals surface area contributed by atoms with Crippen molar-refractivity contribution in [3.8, 4) is 0 Å². The summed E-state index contributed by atoms with van der Waals surface area (Å²) in [5, 5.41) is 9.86. The van der Waals surface area contributed by atoms with E-state index in [1.54, 1.807) is 6.26 Å². The fraction of sp³-hybridized carbons (Fsp3) is 0.231. The summed E-state index contributed by atoms with van der Waals surface area (Å²) in [5.41, 5.74) is 2.72. The number of hydrogen-bond donors (Lipinski definition) is 2. The molecule has 2 N–H and O–H groups in total. The van der Waals surface area contributed by atoms with Crippen molar-refractivity contribution in [1.82, 2.24) is 10.5 Å². The van der Waals surface area contributed by atoms with Crippen LogP contribution in [0, 0.1) is 0 Å². The molecule has 5 heteroatoms. The summed E-state index contributed by atoms with van der Waals surface area (Å²) in [6.45, 7) is 2.79. The Balaban J connectivity index is 1.94. The zero-order valence-corrected chi connectivity index (χ0v) is 10.1. The quantitative estimate of drug-likeness (QED) is 0.844. The third-order valence-electron chi connectivity index (χ3n) is 2.44. The molecule has 2 rings (SSSR count). The van der Waals surface area contributed by atoms with Gasteiger partial charge in [-0.05, 0) is 11.6 Å². The first kappa shape index (κ1) is 12.3. The summed E-state index contributed by atoms with van der Waals surface area (Å²) in [6.07, 6.45) is 1.54. The van der Waals surface area contributed by atoms with E-state index in [0.29, 0.717) is 13.1 Å². The average molecular weight is 245 g/mol. The van der Waals surface area contributed by atoms with Crippen LogP contribution in [0.25, 0.3) is 0 Å². The highest BCUT2D eigenvalue weighted by Gasteiger charge is 2.03. The lowest BCUT2D eigenvalue weighted by Crippen LogP contribution is -2.15. The summed E-state index contributed by atoms with van der Waals surface area (Å²) in [5.74, 6) is -0.0704. The van der Waals surface area contributed by atoms with E-state index < -0.39 is 0 Å². The fourth-order valence-electron chi connectivity index (χ4n) is 1.64. The molecule has 0 bridgehead atoms. The van der Waals surface area contributed by atoms with Gasteiger partial charge in [0.1, 0.15) is 6.26 Å². The molecule has 5 nitrogen and oxygen atoms in total. The highest BCUT2D eigenvalue weighted by atomic mass is 16.5. The van der Waals surface area contributed by atoms with Gasteiger partial charge in [0.05, 0.1) is 5.69 Å². The van der Waals surface area contributed by atoms with E-state index in [9.17, 15) is 4.79 Å². The second kappa shape index (κ2) is 5.97. The van der Waals surface area contributed by atoms with Crippen LogP contribution in [0.15, 0.2) is 41.1 Å². The maximum absolute atomic E-state index is 11.1. The van der Waals surface area contributed by atoms with Gasteiger partial charge in [-0.25, -0.2) is 0 Å². The number of amides is 1. The maximum atomic E-state index is 11.1. The average Bonchev–Trinajstić information content (AvgIpc) is 2.84. The summed E-state index contributed by atoms with van der Waals surface area (Å²) in [7, 11) is 0. The molecule has 1 aromatic heterocycles. The first-order valence-corrected chi connectivity index (χ1v) is 5.71. The van der Waals surface area contributed by atoms with Crippen LogP contribution >= 0.6 is 0 Å². The molecule has 2 aromatic rings. The molecule has 1 aromatic carbocycles. The molecular formula is C13H15N3O2. The number of anilines is 1. The van der Waals surface area contributed by atoms with Crippen molar-refractivity contribution >= 4 is 11.6 Å². The molecule has 0 spiro atoms. The van der Waals surface area contributed by atoms with Crippen LogP contribution in [0.2, 0.25) is 0 Å². The Labute approximate surface area is 105 Å². The Morgan fingerprint density at radius 3 is 2.83 bits per heavy atom. The smallest absolute Gasteiger partial charge is 0.221 e. The number of hydrogen-bond acceptors (Lipinski definition) is 4. The van der Waals surface area contributed by atoms with E-state index in [-0.39, 0.29) is 5.91 Å². The molecule has 94 valence electrons. The van der Waals surface area contributed by atoms with Crippen LogP contribution < -0.4 is 10.6 Å². The zero-order chi connectivity index (χ0) is 12.8. The number of para-hydroxylation sites is 1. The van der Waals surface area contributed by atoms with Crippen molar-refractivity contribution in [2.75, 3.05) is 5.32 Å². The Morgan fingerprint density at radius 1 is 1.28 bits per heavy atom. The van der Waals surface area contributed by atoms with Crippen LogP contribution in [0.5, 0.6) is 0 Å². The first-order valence-electron chi connectivity index (χ1n) is 5.71. The number of rotatable bonds is 5. The lowest BCUT2D eigenvalue weighted by molar-refractivity contribution is -0.114. The SMILES string of the molecule is CC(=O)Nc1ccccc1CNCc1ccon1. The van der Waals surface area contributed by atoms with Gasteiger partial charge in [0.2, 0.25) is 5.91 Å². The molecule has 0 aliphatic rings. The Kier molecular flexibility index (Phi) is 4.09. The van der Waals surface area contributed by atoms with E-state index in [1.807, 2.05) is 30.3 Å². The molecule has 0 unspecified atom stereocenters. The Hall–Kier alpha value is -2.14. The molecule has 0 aliphatic carbocycles. The minimum atomic E-state index is -0.0704. The van der Waals surface area contributed by atoms with Crippen molar-refractivity contribution in [3.05, 3.63) is 47.9 Å². The van der Waals surface area contributed by atoms with Gasteiger partial charge < -0.3 is 15.2 Å². The Morgan fingerprint density at radius 2 is 2.11 bits per heavy atom. The number of nitrogens with zero attached hydrogens (tertiary/aromatic N) is 1. The molecule has 0 radical (unpaired) electrons. The van der Waals surface area contributed by atoms with E-state index in [1.165, 1.54) is 6.92 Å². The number of carbonyl (C=O) groups is 1. The molecule has 0 aliphatic heterocycles. The van der Waals surface area contributed by atoms with Gasteiger partial charge in [-0.15, -0.1) is 0 Å². The Bertz CT molecular complexity index is 509. The summed E-state index contributed by atoms with van der Waals surface area (Å²) >= 11 is 0. The third kappa shape index (κ3) is 3.43. The third-order valence-corrected chi connectivity index (χ3v) is 2.44. The van der Waals surface area contributed by atoms with Gasteiger partial charge in [-0.3, -0.25) is 4.79 Å². The van der Waals surface area contributed by atoms with E-state index in [0.717, 1.165) is 16.9 Å². The fourth-order valence-corrected chi connectivity index (χ4v) is 1.64. The standard InChI is InChI=1S/C13H15N3O2/c1-10(17)15-13-5-3-2-4-11(13)8-14-9-12-6-7-18-16-12/h2-7,14H,8-9H2,1H3,(H,15,17). The minimum absolute atomic E-state index is 0.0704. The molecule has 18 heavy (non-hydrogen) atoms. The van der Waals surface area contributed by atoms with E-state index in [4.69, 9.17) is 4.52 Å². The summed E-state index contributed by atoms with van der Waals surface area (Å²) in [6, 6.07) is 9.51. The van der Waals surface area contributed by atoms with E-state index >= 15 is 0 Å². The van der Waals surface area contributed by atoms with Gasteiger partial charge in [0.25, 0.3) is 0 Å². The highest BCUT2D eigenvalue weighted by molar-refractivity contribution is 5.89. The number of carbonyl (C=O) groups excluding carboxylic acids is 1. The van der Waals surface area contributed by atoms with Crippen molar-refractivity contribution in [1.29, 1.82) is 0 Å². The van der Waals surface area contributed by atoms with Crippen LogP contribution in [0.1, 0.15) is 18.2 Å². The molecule has 0 saturated heterocycles. The van der Waals surface area contributed by atoms with Crippen LogP contribution in [0.3, 0.4) is 0 Å². The largest absolute Gasteiger partial charge is 0.364 e. The predicted molar refractivity (Wildman–Crippen MR) is 67.8 cm³/mol. The number of aromatic nitrogens is 1. The summed E-state index contributed by atoms with van der Waals surface area (Å²) < 4.78 is 4.75. The molecule has 0 atom stereocenters. The lowest BCUT2D eigenvalue weighted by Gasteiger charge is -2.10. The van der Waals surface area contributed by atoms with Crippen molar-refractivity contribution in [2.24, 2.45) is 0 Å². The van der Waals surface area contributed by atoms with Crippen LogP contribution in [-0.2, 0) is 17.9 Å². The normalized spacial score (nSPS) is 10.3. The highest BCUT2D eigenvalue weighted by Crippen LogP contribution is 2.14. The predicted octanol–water partition coefficient (Wildman–Crippen LogP) is 1.92. The second-order valence-electron chi connectivity index (χ2n) is 3.93.